The zero-order chi connectivity index (χ0) is 52.6. The third-order valence-corrected chi connectivity index (χ3v) is 12.0. The molecule has 0 aromatic heterocycles. The Kier molecular flexibility index (Phi) is 16.4. The van der Waals surface area contributed by atoms with Crippen LogP contribution >= 0.6 is 0 Å². The van der Waals surface area contributed by atoms with Crippen molar-refractivity contribution in [1.29, 1.82) is 0 Å². The van der Waals surface area contributed by atoms with Crippen molar-refractivity contribution < 1.29 is 38.1 Å². The van der Waals surface area contributed by atoms with Crippen LogP contribution in [0.2, 0.25) is 0 Å². The number of ether oxygens (including phenoxy) is 4. The van der Waals surface area contributed by atoms with Crippen molar-refractivity contribution in [2.45, 2.75) is 26.2 Å². The van der Waals surface area contributed by atoms with Crippen molar-refractivity contribution >= 4 is 58.5 Å². The van der Waals surface area contributed by atoms with Gasteiger partial charge in [0.1, 0.15) is 23.0 Å². The van der Waals surface area contributed by atoms with Gasteiger partial charge in [-0.25, -0.2) is 19.4 Å². The van der Waals surface area contributed by atoms with E-state index in [9.17, 15) is 19.2 Å². The molecule has 0 heterocycles. The van der Waals surface area contributed by atoms with E-state index < -0.39 is 17.9 Å². The summed E-state index contributed by atoms with van der Waals surface area (Å²) in [6, 6.07) is 71.4. The second-order valence-corrected chi connectivity index (χ2v) is 17.4. The molecule has 0 fully saturated rings. The Hall–Kier alpha value is -10.1. The number of benzene rings is 9. The van der Waals surface area contributed by atoms with Gasteiger partial charge < -0.3 is 23.8 Å². The summed E-state index contributed by atoms with van der Waals surface area (Å²) in [6.45, 7) is 5.18. The normalized spacial score (nSPS) is 10.8. The first-order valence-corrected chi connectivity index (χ1v) is 24.6. The molecule has 0 aliphatic rings. The van der Waals surface area contributed by atoms with E-state index in [1.807, 2.05) is 174 Å². The molecule has 0 atom stereocenters. The van der Waals surface area contributed by atoms with Gasteiger partial charge in [-0.3, -0.25) is 4.79 Å². The lowest BCUT2D eigenvalue weighted by Gasteiger charge is -2.26. The SMILES string of the molecule is C=CC(=O)Oc1ccc(Cc2ccc(OC(=O)c3ccc(N(c4ccc(C=NN(c5ccccc5)c5ccccc5)cc4)c4ccc(C(=O)Oc5ccc(Cc6ccc(OC(=O)CC)cc6)cc5)cc4)cc3)cc2)cc1. The predicted molar refractivity (Wildman–Crippen MR) is 297 cm³/mol. The van der Waals surface area contributed by atoms with Crippen LogP contribution in [0, 0.1) is 0 Å². The summed E-state index contributed by atoms with van der Waals surface area (Å²) in [7, 11) is 0. The van der Waals surface area contributed by atoms with Gasteiger partial charge in [0.25, 0.3) is 0 Å². The van der Waals surface area contributed by atoms with Crippen molar-refractivity contribution in [1.82, 2.24) is 0 Å². The van der Waals surface area contributed by atoms with Gasteiger partial charge in [-0.2, -0.15) is 5.10 Å². The Bertz CT molecular complexity index is 3400. The van der Waals surface area contributed by atoms with Crippen LogP contribution in [-0.4, -0.2) is 30.1 Å². The number of para-hydroxylation sites is 2. The molecule has 9 aromatic rings. The number of hydrazone groups is 1. The van der Waals surface area contributed by atoms with Crippen molar-refractivity contribution in [2.24, 2.45) is 5.10 Å². The van der Waals surface area contributed by atoms with E-state index in [0.717, 1.165) is 62.3 Å². The van der Waals surface area contributed by atoms with Gasteiger partial charge in [0.2, 0.25) is 0 Å². The molecule has 9 rings (SSSR count). The summed E-state index contributed by atoms with van der Waals surface area (Å²) in [5.74, 6) is -0.0739. The van der Waals surface area contributed by atoms with E-state index in [0.29, 0.717) is 53.4 Å². The second kappa shape index (κ2) is 24.5. The third kappa shape index (κ3) is 13.5. The van der Waals surface area contributed by atoms with E-state index in [4.69, 9.17) is 24.0 Å². The van der Waals surface area contributed by atoms with Crippen molar-refractivity contribution in [2.75, 3.05) is 9.91 Å². The van der Waals surface area contributed by atoms with Gasteiger partial charge in [0.05, 0.1) is 28.7 Å². The Morgan fingerprint density at radius 1 is 0.421 bits per heavy atom. The number of carbonyl (C=O) groups excluding carboxylic acids is 4. The molecule has 0 saturated heterocycles. The number of nitrogens with zero attached hydrogens (tertiary/aromatic N) is 3. The highest BCUT2D eigenvalue weighted by Crippen LogP contribution is 2.36. The van der Waals surface area contributed by atoms with Crippen LogP contribution in [0.3, 0.4) is 0 Å². The molecule has 0 aliphatic carbocycles. The Morgan fingerprint density at radius 3 is 1.14 bits per heavy atom. The van der Waals surface area contributed by atoms with Crippen molar-refractivity contribution in [3.63, 3.8) is 0 Å². The van der Waals surface area contributed by atoms with Crippen LogP contribution in [0.1, 0.15) is 61.9 Å². The molecule has 0 radical (unpaired) electrons. The van der Waals surface area contributed by atoms with E-state index in [-0.39, 0.29) is 5.97 Å². The van der Waals surface area contributed by atoms with Crippen LogP contribution < -0.4 is 28.9 Å². The Morgan fingerprint density at radius 2 is 0.776 bits per heavy atom. The zero-order valence-electron chi connectivity index (χ0n) is 41.5. The maximum Gasteiger partial charge on any atom is 0.343 e. The highest BCUT2D eigenvalue weighted by molar-refractivity contribution is 5.93. The van der Waals surface area contributed by atoms with Crippen LogP contribution in [0.5, 0.6) is 23.0 Å². The first-order chi connectivity index (χ1) is 37.2. The number of rotatable bonds is 19. The first-order valence-electron chi connectivity index (χ1n) is 24.6. The lowest BCUT2D eigenvalue weighted by molar-refractivity contribution is -0.134. The molecule has 0 unspecified atom stereocenters. The summed E-state index contributed by atoms with van der Waals surface area (Å²) in [4.78, 5) is 52.2. The highest BCUT2D eigenvalue weighted by atomic mass is 16.5. The van der Waals surface area contributed by atoms with Crippen LogP contribution in [0.25, 0.3) is 0 Å². The highest BCUT2D eigenvalue weighted by Gasteiger charge is 2.18. The van der Waals surface area contributed by atoms with Crippen molar-refractivity contribution in [3.05, 3.63) is 282 Å². The molecule has 0 amide bonds. The van der Waals surface area contributed by atoms with E-state index in [1.54, 1.807) is 79.7 Å². The Balaban J connectivity index is 0.902. The molecule has 9 aromatic carbocycles. The van der Waals surface area contributed by atoms with Gasteiger partial charge >= 0.3 is 23.9 Å². The summed E-state index contributed by atoms with van der Waals surface area (Å²) < 4.78 is 22.0. The Labute approximate surface area is 441 Å². The minimum Gasteiger partial charge on any atom is -0.427 e. The number of hydrogen-bond acceptors (Lipinski definition) is 11. The van der Waals surface area contributed by atoms with E-state index in [2.05, 4.69) is 6.58 Å². The number of carbonyl (C=O) groups is 4. The van der Waals surface area contributed by atoms with Gasteiger partial charge in [0.15, 0.2) is 0 Å². The molecule has 0 saturated carbocycles. The molecule has 0 N–H and O–H groups in total. The zero-order valence-corrected chi connectivity index (χ0v) is 41.5. The van der Waals surface area contributed by atoms with Crippen molar-refractivity contribution in [3.8, 4) is 23.0 Å². The maximum atomic E-state index is 13.5. The topological polar surface area (TPSA) is 124 Å². The minimum atomic E-state index is -0.518. The van der Waals surface area contributed by atoms with Gasteiger partial charge in [-0.1, -0.05) is 111 Å². The average molecular weight is 1000 g/mol. The molecule has 76 heavy (non-hydrogen) atoms. The molecule has 11 nitrogen and oxygen atoms in total. The lowest BCUT2D eigenvalue weighted by Crippen LogP contribution is -2.13. The lowest BCUT2D eigenvalue weighted by atomic mass is 10.0. The van der Waals surface area contributed by atoms with Crippen LogP contribution in [0.4, 0.5) is 28.4 Å². The number of hydrogen-bond donors (Lipinski definition) is 0. The fraction of sp³-hybridized carbons (Fsp3) is 0.0615. The largest absolute Gasteiger partial charge is 0.427 e. The molecular formula is C65H51N3O8. The monoisotopic (exact) mass is 1000 g/mol. The molecule has 0 aliphatic heterocycles. The maximum absolute atomic E-state index is 13.5. The van der Waals surface area contributed by atoms with E-state index in [1.165, 1.54) is 0 Å². The second-order valence-electron chi connectivity index (χ2n) is 17.4. The smallest absolute Gasteiger partial charge is 0.343 e. The summed E-state index contributed by atoms with van der Waals surface area (Å²) in [5.41, 5.74) is 9.82. The van der Waals surface area contributed by atoms with Gasteiger partial charge in [-0.15, -0.1) is 0 Å². The van der Waals surface area contributed by atoms with Crippen LogP contribution in [0.15, 0.2) is 248 Å². The van der Waals surface area contributed by atoms with E-state index >= 15 is 0 Å². The van der Waals surface area contributed by atoms with Gasteiger partial charge in [-0.05, 0) is 174 Å². The quantitative estimate of drug-likeness (QED) is 0.0254. The molecule has 374 valence electrons. The number of esters is 4. The van der Waals surface area contributed by atoms with Gasteiger partial charge in [0, 0.05) is 29.6 Å². The third-order valence-electron chi connectivity index (χ3n) is 12.0. The minimum absolute atomic E-state index is 0.283. The molecule has 0 bridgehead atoms. The predicted octanol–water partition coefficient (Wildman–Crippen LogP) is 14.4. The molecular weight excluding hydrogens is 951 g/mol. The molecule has 0 spiro atoms. The summed E-state index contributed by atoms with van der Waals surface area (Å²) in [6.07, 6.45) is 4.51. The fourth-order valence-electron chi connectivity index (χ4n) is 8.06. The number of anilines is 5. The first kappa shape index (κ1) is 50.8. The van der Waals surface area contributed by atoms with Crippen LogP contribution in [-0.2, 0) is 22.4 Å². The average Bonchev–Trinajstić information content (AvgIpc) is 3.47. The standard InChI is InChI=1S/C65H51N3O8/c1-3-62(69)73-58-35-17-46(18-36-58)43-48-21-39-60(40-22-48)75-64(71)51-25-31-54(32-26-51)67(53-29-15-50(16-30-53)45-66-68(56-11-7-5-8-12-56)57-13-9-6-10-14-57)55-33-27-52(28-34-55)65(72)76-61-41-23-49(24-42-61)44-47-19-37-59(38-20-47)74-63(70)4-2/h3,5-42,45H,1,4,43-44H2,2H3. The summed E-state index contributed by atoms with van der Waals surface area (Å²) >= 11 is 0. The fourth-order valence-corrected chi connectivity index (χ4v) is 8.06. The molecule has 11 heteroatoms. The summed E-state index contributed by atoms with van der Waals surface area (Å²) in [5, 5.41) is 6.77.